The Kier molecular flexibility index (Phi) is 5.45. The van der Waals surface area contributed by atoms with Gasteiger partial charge >= 0.3 is 0 Å². The van der Waals surface area contributed by atoms with Crippen LogP contribution in [0.25, 0.3) is 0 Å². The van der Waals surface area contributed by atoms with Crippen LogP contribution < -0.4 is 16.2 Å². The largest absolute Gasteiger partial charge is 0.394 e. The molecule has 1 saturated heterocycles. The van der Waals surface area contributed by atoms with Crippen LogP contribution in [0.3, 0.4) is 0 Å². The molecule has 0 aliphatic carbocycles. The quantitative estimate of drug-likeness (QED) is 0.626. The lowest BCUT2D eigenvalue weighted by Gasteiger charge is -2.19. The van der Waals surface area contributed by atoms with Crippen LogP contribution in [0.4, 0.5) is 0 Å². The van der Waals surface area contributed by atoms with Gasteiger partial charge in [0.25, 0.3) is 0 Å². The highest BCUT2D eigenvalue weighted by Gasteiger charge is 2.31. The van der Waals surface area contributed by atoms with Gasteiger partial charge in [0.15, 0.2) is 0 Å². The average Bonchev–Trinajstić information content (AvgIpc) is 3.22. The Bertz CT molecular complexity index is 664. The summed E-state index contributed by atoms with van der Waals surface area (Å²) >= 11 is 5.11. The fraction of sp³-hybridized carbons (Fsp3) is 0.312. The second-order valence-electron chi connectivity index (χ2n) is 5.43. The van der Waals surface area contributed by atoms with Crippen molar-refractivity contribution in [1.82, 2.24) is 16.2 Å². The molecule has 1 amide bonds. The Labute approximate surface area is 147 Å². The van der Waals surface area contributed by atoms with E-state index in [1.54, 1.807) is 11.3 Å². The number of carbonyl (C=O) groups excluding carboxylic acids is 1. The molecule has 0 bridgehead atoms. The van der Waals surface area contributed by atoms with Gasteiger partial charge in [0.2, 0.25) is 5.91 Å². The Morgan fingerprint density at radius 2 is 2.09 bits per heavy atom. The van der Waals surface area contributed by atoms with Gasteiger partial charge in [-0.2, -0.15) is 0 Å². The molecule has 122 valence electrons. The molecule has 1 fully saturated rings. The third-order valence-electron chi connectivity index (χ3n) is 3.86. The van der Waals surface area contributed by atoms with Crippen molar-refractivity contribution in [3.05, 3.63) is 56.7 Å². The lowest BCUT2D eigenvalue weighted by Crippen LogP contribution is -2.45. The molecule has 0 radical (unpaired) electrons. The number of aliphatic hydroxyl groups is 1. The van der Waals surface area contributed by atoms with E-state index in [0.29, 0.717) is 6.42 Å². The zero-order valence-electron chi connectivity index (χ0n) is 12.3. The zero-order valence-corrected chi connectivity index (χ0v) is 14.7. The van der Waals surface area contributed by atoms with E-state index in [9.17, 15) is 9.90 Å². The molecule has 3 atom stereocenters. The molecule has 1 aromatic heterocycles. The maximum atomic E-state index is 12.4. The van der Waals surface area contributed by atoms with Crippen molar-refractivity contribution < 1.29 is 9.90 Å². The van der Waals surface area contributed by atoms with E-state index in [4.69, 9.17) is 0 Å². The van der Waals surface area contributed by atoms with E-state index in [1.807, 2.05) is 36.4 Å². The Morgan fingerprint density at radius 1 is 1.30 bits per heavy atom. The van der Waals surface area contributed by atoms with E-state index in [-0.39, 0.29) is 30.6 Å². The van der Waals surface area contributed by atoms with Crippen LogP contribution >= 0.6 is 27.3 Å². The summed E-state index contributed by atoms with van der Waals surface area (Å²) in [6, 6.07) is 13.0. The summed E-state index contributed by atoms with van der Waals surface area (Å²) in [7, 11) is 0. The van der Waals surface area contributed by atoms with Crippen LogP contribution in [-0.4, -0.2) is 23.7 Å². The summed E-state index contributed by atoms with van der Waals surface area (Å²) in [5, 5.41) is 12.5. The molecular formula is C16H18BrN3O2S. The van der Waals surface area contributed by atoms with Crippen LogP contribution in [0.5, 0.6) is 0 Å². The minimum atomic E-state index is -0.388. The number of hydrogen-bond acceptors (Lipinski definition) is 5. The highest BCUT2D eigenvalue weighted by molar-refractivity contribution is 9.11. The van der Waals surface area contributed by atoms with Crippen molar-refractivity contribution >= 4 is 33.2 Å². The molecule has 3 rings (SSSR count). The summed E-state index contributed by atoms with van der Waals surface area (Å²) in [5.41, 5.74) is 7.10. The monoisotopic (exact) mass is 395 g/mol. The van der Waals surface area contributed by atoms with Gasteiger partial charge in [0.1, 0.15) is 6.04 Å². The van der Waals surface area contributed by atoms with Crippen molar-refractivity contribution in [2.24, 2.45) is 0 Å². The van der Waals surface area contributed by atoms with E-state index >= 15 is 0 Å². The Hall–Kier alpha value is -1.25. The predicted molar refractivity (Wildman–Crippen MR) is 93.8 cm³/mol. The first-order valence-electron chi connectivity index (χ1n) is 7.40. The molecule has 5 nitrogen and oxygen atoms in total. The second kappa shape index (κ2) is 7.55. The fourth-order valence-electron chi connectivity index (χ4n) is 2.62. The van der Waals surface area contributed by atoms with Crippen LogP contribution in [0.15, 0.2) is 46.3 Å². The first-order valence-corrected chi connectivity index (χ1v) is 9.01. The maximum absolute atomic E-state index is 12.4. The molecule has 0 spiro atoms. The number of rotatable bonds is 5. The summed E-state index contributed by atoms with van der Waals surface area (Å²) in [6.07, 6.45) is 0.672. The third-order valence-corrected chi connectivity index (χ3v) is 5.60. The highest BCUT2D eigenvalue weighted by Crippen LogP contribution is 2.31. The molecular weight excluding hydrogens is 378 g/mol. The number of amides is 1. The minimum Gasteiger partial charge on any atom is -0.394 e. The minimum absolute atomic E-state index is 0.112. The van der Waals surface area contributed by atoms with E-state index < -0.39 is 0 Å². The lowest BCUT2D eigenvalue weighted by molar-refractivity contribution is -0.124. The van der Waals surface area contributed by atoms with Gasteiger partial charge in [-0.1, -0.05) is 30.3 Å². The number of hydrogen-bond donors (Lipinski definition) is 4. The molecule has 2 aromatic rings. The van der Waals surface area contributed by atoms with Crippen LogP contribution in [0, 0.1) is 0 Å². The smallest absolute Gasteiger partial charge is 0.239 e. The van der Waals surface area contributed by atoms with Gasteiger partial charge in [-0.15, -0.1) is 11.3 Å². The van der Waals surface area contributed by atoms with Crippen molar-refractivity contribution in [3.63, 3.8) is 0 Å². The first kappa shape index (κ1) is 16.6. The number of hydrazine groups is 1. The molecule has 2 unspecified atom stereocenters. The number of halogens is 1. The molecule has 4 N–H and O–H groups in total. The summed E-state index contributed by atoms with van der Waals surface area (Å²) in [6.45, 7) is -0.128. The topological polar surface area (TPSA) is 73.4 Å². The van der Waals surface area contributed by atoms with Gasteiger partial charge in [-0.25, -0.2) is 10.9 Å². The van der Waals surface area contributed by atoms with Crippen LogP contribution in [0.1, 0.15) is 28.9 Å². The molecule has 1 aliphatic rings. The average molecular weight is 396 g/mol. The molecule has 7 heteroatoms. The first-order chi connectivity index (χ1) is 11.2. The van der Waals surface area contributed by atoms with Crippen molar-refractivity contribution in [2.45, 2.75) is 24.5 Å². The second-order valence-corrected chi connectivity index (χ2v) is 7.92. The predicted octanol–water partition coefficient (Wildman–Crippen LogP) is 2.27. The van der Waals surface area contributed by atoms with E-state index in [2.05, 4.69) is 38.2 Å². The van der Waals surface area contributed by atoms with E-state index in [0.717, 1.165) is 9.35 Å². The zero-order chi connectivity index (χ0) is 16.2. The maximum Gasteiger partial charge on any atom is 0.239 e. The van der Waals surface area contributed by atoms with Gasteiger partial charge in [0, 0.05) is 4.88 Å². The summed E-state index contributed by atoms with van der Waals surface area (Å²) < 4.78 is 1.08. The van der Waals surface area contributed by atoms with E-state index in [1.165, 1.54) is 4.88 Å². The fourth-order valence-corrected chi connectivity index (χ4v) is 4.11. The van der Waals surface area contributed by atoms with Gasteiger partial charge < -0.3 is 10.4 Å². The number of benzene rings is 1. The summed E-state index contributed by atoms with van der Waals surface area (Å²) in [4.78, 5) is 13.6. The van der Waals surface area contributed by atoms with Crippen molar-refractivity contribution in [1.29, 1.82) is 0 Å². The Morgan fingerprint density at radius 3 is 2.74 bits per heavy atom. The van der Waals surface area contributed by atoms with Crippen LogP contribution in [0.2, 0.25) is 0 Å². The summed E-state index contributed by atoms with van der Waals surface area (Å²) in [5.74, 6) is -0.112. The normalized spacial score (nSPS) is 22.0. The molecule has 0 saturated carbocycles. The molecule has 1 aromatic carbocycles. The molecule has 23 heavy (non-hydrogen) atoms. The Balaban J connectivity index is 1.60. The van der Waals surface area contributed by atoms with Crippen molar-refractivity contribution in [2.75, 3.05) is 6.61 Å². The SMILES string of the molecule is O=C(N[C@H](CO)c1ccccc1)C1CC(c2ccc(Br)s2)NN1. The highest BCUT2D eigenvalue weighted by atomic mass is 79.9. The number of nitrogens with one attached hydrogen (secondary N) is 3. The third kappa shape index (κ3) is 3.99. The standard InChI is InChI=1S/C16H18BrN3O2S/c17-15-7-6-14(23-15)11-8-12(20-19-11)16(22)18-13(9-21)10-4-2-1-3-5-10/h1-7,11-13,19-21H,8-9H2,(H,18,22)/t11?,12?,13-/m1/s1. The van der Waals surface area contributed by atoms with Gasteiger partial charge in [0.05, 0.1) is 22.5 Å². The van der Waals surface area contributed by atoms with Gasteiger partial charge in [-0.3, -0.25) is 4.79 Å². The molecule has 2 heterocycles. The number of thiophene rings is 1. The molecule has 1 aliphatic heterocycles. The number of carbonyl (C=O) groups is 1. The van der Waals surface area contributed by atoms with Gasteiger partial charge in [-0.05, 0) is 40.0 Å². The number of aliphatic hydroxyl groups excluding tert-OH is 1. The van der Waals surface area contributed by atoms with Crippen molar-refractivity contribution in [3.8, 4) is 0 Å². The van der Waals surface area contributed by atoms with Crippen LogP contribution in [-0.2, 0) is 4.79 Å². The lowest BCUT2D eigenvalue weighted by atomic mass is 10.1.